The van der Waals surface area contributed by atoms with Crippen LogP contribution in [-0.4, -0.2) is 28.1 Å². The van der Waals surface area contributed by atoms with E-state index >= 15 is 0 Å². The number of phenolic OH excluding ortho intramolecular Hbond substituents is 1. The molecule has 1 unspecified atom stereocenters. The molecule has 96 valence electrons. The van der Waals surface area contributed by atoms with E-state index in [9.17, 15) is 5.11 Å². The van der Waals surface area contributed by atoms with E-state index in [0.29, 0.717) is 11.6 Å². The molecule has 3 heteroatoms. The number of hydrogen-bond donors (Lipinski definition) is 1. The molecule has 3 nitrogen and oxygen atoms in total. The number of rotatable bonds is 4. The van der Waals surface area contributed by atoms with Crippen molar-refractivity contribution in [1.82, 2.24) is 9.88 Å². The second kappa shape index (κ2) is 5.36. The maximum Gasteiger partial charge on any atom is 0.142 e. The quantitative estimate of drug-likeness (QED) is 0.896. The van der Waals surface area contributed by atoms with Crippen LogP contribution in [0.15, 0.2) is 30.5 Å². The van der Waals surface area contributed by atoms with E-state index in [-0.39, 0.29) is 5.75 Å². The molecular weight excluding hydrogens is 224 g/mol. The molecule has 1 aromatic heterocycles. The highest BCUT2D eigenvalue weighted by Crippen LogP contribution is 2.29. The van der Waals surface area contributed by atoms with Gasteiger partial charge in [-0.05, 0) is 43.8 Å². The number of aromatic nitrogens is 1. The topological polar surface area (TPSA) is 36.4 Å². The minimum Gasteiger partial charge on any atom is -0.506 e. The highest BCUT2D eigenvalue weighted by atomic mass is 16.3. The van der Waals surface area contributed by atoms with Crippen LogP contribution in [0.1, 0.15) is 32.4 Å². The Morgan fingerprint density at radius 3 is 2.67 bits per heavy atom. The van der Waals surface area contributed by atoms with E-state index in [0.717, 1.165) is 24.0 Å². The summed E-state index contributed by atoms with van der Waals surface area (Å²) in [4.78, 5) is 6.56. The van der Waals surface area contributed by atoms with Gasteiger partial charge in [-0.25, -0.2) is 0 Å². The first-order valence-corrected chi connectivity index (χ1v) is 6.49. The van der Waals surface area contributed by atoms with Crippen molar-refractivity contribution in [2.24, 2.45) is 0 Å². The molecule has 0 aliphatic carbocycles. The first-order valence-electron chi connectivity index (χ1n) is 6.49. The van der Waals surface area contributed by atoms with Crippen molar-refractivity contribution in [1.29, 1.82) is 0 Å². The molecule has 1 atom stereocenters. The lowest BCUT2D eigenvalue weighted by Crippen LogP contribution is -2.26. The first kappa shape index (κ1) is 12.8. The summed E-state index contributed by atoms with van der Waals surface area (Å²) in [7, 11) is 0. The highest BCUT2D eigenvalue weighted by Gasteiger charge is 2.14. The number of aromatic hydroxyl groups is 1. The van der Waals surface area contributed by atoms with Gasteiger partial charge in [-0.15, -0.1) is 0 Å². The average molecular weight is 244 g/mol. The Morgan fingerprint density at radius 2 is 2.00 bits per heavy atom. The summed E-state index contributed by atoms with van der Waals surface area (Å²) in [5.74, 6) is 0.266. The second-order valence-corrected chi connectivity index (χ2v) is 4.51. The third kappa shape index (κ3) is 2.31. The predicted octanol–water partition coefficient (Wildman–Crippen LogP) is 3.34. The second-order valence-electron chi connectivity index (χ2n) is 4.51. The molecule has 1 heterocycles. The van der Waals surface area contributed by atoms with Crippen LogP contribution >= 0.6 is 0 Å². The van der Waals surface area contributed by atoms with Crippen LogP contribution in [0.2, 0.25) is 0 Å². The Hall–Kier alpha value is -1.61. The van der Waals surface area contributed by atoms with Crippen molar-refractivity contribution < 1.29 is 5.11 Å². The summed E-state index contributed by atoms with van der Waals surface area (Å²) in [6.07, 6.45) is 1.70. The van der Waals surface area contributed by atoms with Gasteiger partial charge < -0.3 is 5.11 Å². The standard InChI is InChI=1S/C15H20N2O/c1-4-17(5-2)11(3)13-9-12-7-6-8-16-15(12)14(18)10-13/h6-11,18H,4-5H2,1-3H3. The van der Waals surface area contributed by atoms with Crippen molar-refractivity contribution in [3.05, 3.63) is 36.0 Å². The Bertz CT molecular complexity index is 535. The molecule has 0 aliphatic rings. The molecule has 0 amide bonds. The molecule has 2 aromatic rings. The minimum absolute atomic E-state index is 0.266. The normalized spacial score (nSPS) is 13.1. The zero-order chi connectivity index (χ0) is 13.1. The summed E-state index contributed by atoms with van der Waals surface area (Å²) in [5.41, 5.74) is 1.81. The molecule has 0 saturated heterocycles. The van der Waals surface area contributed by atoms with E-state index in [4.69, 9.17) is 0 Å². The van der Waals surface area contributed by atoms with Gasteiger partial charge in [0.1, 0.15) is 11.3 Å². The van der Waals surface area contributed by atoms with Gasteiger partial charge in [0, 0.05) is 17.6 Å². The third-order valence-electron chi connectivity index (χ3n) is 3.55. The van der Waals surface area contributed by atoms with Crippen molar-refractivity contribution in [3.63, 3.8) is 0 Å². The molecule has 1 aromatic carbocycles. The number of hydrogen-bond acceptors (Lipinski definition) is 3. The smallest absolute Gasteiger partial charge is 0.142 e. The fourth-order valence-electron chi connectivity index (χ4n) is 2.42. The van der Waals surface area contributed by atoms with Gasteiger partial charge in [0.15, 0.2) is 0 Å². The molecule has 0 spiro atoms. The number of benzene rings is 1. The lowest BCUT2D eigenvalue weighted by molar-refractivity contribution is 0.234. The zero-order valence-electron chi connectivity index (χ0n) is 11.2. The maximum atomic E-state index is 10.0. The molecule has 0 bridgehead atoms. The van der Waals surface area contributed by atoms with Crippen LogP contribution in [0, 0.1) is 0 Å². The van der Waals surface area contributed by atoms with Gasteiger partial charge in [-0.3, -0.25) is 9.88 Å². The Labute approximate surface area is 108 Å². The van der Waals surface area contributed by atoms with E-state index < -0.39 is 0 Å². The van der Waals surface area contributed by atoms with E-state index in [2.05, 4.69) is 36.7 Å². The lowest BCUT2D eigenvalue weighted by Gasteiger charge is -2.27. The van der Waals surface area contributed by atoms with Gasteiger partial charge in [-0.2, -0.15) is 0 Å². The molecule has 0 fully saturated rings. The van der Waals surface area contributed by atoms with Gasteiger partial charge >= 0.3 is 0 Å². The average Bonchev–Trinajstić information content (AvgIpc) is 2.40. The van der Waals surface area contributed by atoms with Crippen molar-refractivity contribution in [3.8, 4) is 5.75 Å². The largest absolute Gasteiger partial charge is 0.506 e. The Kier molecular flexibility index (Phi) is 3.82. The maximum absolute atomic E-state index is 10.0. The summed E-state index contributed by atoms with van der Waals surface area (Å²) in [5, 5.41) is 11.0. The molecule has 0 aliphatic heterocycles. The zero-order valence-corrected chi connectivity index (χ0v) is 11.2. The fourth-order valence-corrected chi connectivity index (χ4v) is 2.42. The van der Waals surface area contributed by atoms with Crippen LogP contribution in [0.25, 0.3) is 10.9 Å². The summed E-state index contributed by atoms with van der Waals surface area (Å²) in [6.45, 7) is 8.49. The summed E-state index contributed by atoms with van der Waals surface area (Å²) in [6, 6.07) is 8.13. The van der Waals surface area contributed by atoms with Crippen LogP contribution in [-0.2, 0) is 0 Å². The highest BCUT2D eigenvalue weighted by molar-refractivity contribution is 5.84. The van der Waals surface area contributed by atoms with Gasteiger partial charge in [0.2, 0.25) is 0 Å². The first-order chi connectivity index (χ1) is 8.67. The number of phenols is 1. The fraction of sp³-hybridized carbons (Fsp3) is 0.400. The van der Waals surface area contributed by atoms with Crippen molar-refractivity contribution >= 4 is 10.9 Å². The SMILES string of the molecule is CCN(CC)C(C)c1cc(O)c2ncccc2c1. The van der Waals surface area contributed by atoms with Crippen LogP contribution in [0.4, 0.5) is 0 Å². The summed E-state index contributed by atoms with van der Waals surface area (Å²) >= 11 is 0. The Morgan fingerprint density at radius 1 is 1.28 bits per heavy atom. The number of pyridine rings is 1. The summed E-state index contributed by atoms with van der Waals surface area (Å²) < 4.78 is 0. The van der Waals surface area contributed by atoms with Gasteiger partial charge in [0.25, 0.3) is 0 Å². The lowest BCUT2D eigenvalue weighted by atomic mass is 10.0. The molecule has 1 N–H and O–H groups in total. The van der Waals surface area contributed by atoms with E-state index in [1.807, 2.05) is 18.2 Å². The van der Waals surface area contributed by atoms with Crippen LogP contribution in [0.5, 0.6) is 5.75 Å². The number of nitrogens with zero attached hydrogens (tertiary/aromatic N) is 2. The molecule has 18 heavy (non-hydrogen) atoms. The third-order valence-corrected chi connectivity index (χ3v) is 3.55. The van der Waals surface area contributed by atoms with Crippen molar-refractivity contribution in [2.45, 2.75) is 26.8 Å². The van der Waals surface area contributed by atoms with Gasteiger partial charge in [0.05, 0.1) is 0 Å². The monoisotopic (exact) mass is 244 g/mol. The minimum atomic E-state index is 0.266. The van der Waals surface area contributed by atoms with Crippen molar-refractivity contribution in [2.75, 3.05) is 13.1 Å². The molecule has 2 rings (SSSR count). The Balaban J connectivity index is 2.46. The van der Waals surface area contributed by atoms with E-state index in [1.54, 1.807) is 6.20 Å². The molecular formula is C15H20N2O. The number of fused-ring (bicyclic) bond motifs is 1. The van der Waals surface area contributed by atoms with Crippen LogP contribution in [0.3, 0.4) is 0 Å². The van der Waals surface area contributed by atoms with Crippen LogP contribution < -0.4 is 0 Å². The molecule has 0 radical (unpaired) electrons. The van der Waals surface area contributed by atoms with E-state index in [1.165, 1.54) is 0 Å². The molecule has 0 saturated carbocycles. The predicted molar refractivity (Wildman–Crippen MR) is 74.7 cm³/mol. The van der Waals surface area contributed by atoms with Gasteiger partial charge in [-0.1, -0.05) is 19.9 Å².